The number of benzene rings is 1. The number of methoxy groups -OCH3 is 1. The molecule has 0 aliphatic carbocycles. The van der Waals surface area contributed by atoms with Crippen LogP contribution in [0.5, 0.6) is 5.75 Å². The molecule has 0 radical (unpaired) electrons. The number of hydrogen-bond donors (Lipinski definition) is 0. The van der Waals surface area contributed by atoms with Gasteiger partial charge in [0.05, 0.1) is 25.9 Å². The van der Waals surface area contributed by atoms with Gasteiger partial charge in [0.2, 0.25) is 0 Å². The quantitative estimate of drug-likeness (QED) is 0.125. The van der Waals surface area contributed by atoms with Gasteiger partial charge in [0.1, 0.15) is 12.0 Å². The van der Waals surface area contributed by atoms with Gasteiger partial charge in [0.25, 0.3) is 0 Å². The second-order valence-corrected chi connectivity index (χ2v) is 23.2. The van der Waals surface area contributed by atoms with Gasteiger partial charge >= 0.3 is 0 Å². The van der Waals surface area contributed by atoms with Crippen molar-refractivity contribution < 1.29 is 23.1 Å². The Morgan fingerprint density at radius 1 is 0.892 bits per heavy atom. The van der Waals surface area contributed by atoms with Gasteiger partial charge in [-0.1, -0.05) is 67.5 Å². The summed E-state index contributed by atoms with van der Waals surface area (Å²) >= 11 is 0. The Morgan fingerprint density at radius 2 is 1.43 bits per heavy atom. The number of carbonyl (C=O) groups excluding carboxylic acids is 1. The maximum atomic E-state index is 12.0. The number of hydrogen-bond acceptors (Lipinski definition) is 5. The van der Waals surface area contributed by atoms with Crippen LogP contribution in [0.3, 0.4) is 0 Å². The second kappa shape index (κ2) is 13.9. The van der Waals surface area contributed by atoms with E-state index in [9.17, 15) is 4.79 Å². The molecule has 0 bridgehead atoms. The Hall–Kier alpha value is -0.996. The molecule has 1 aromatic carbocycles. The second-order valence-electron chi connectivity index (χ2n) is 13.6. The highest BCUT2D eigenvalue weighted by molar-refractivity contribution is 6.74. The Kier molecular flexibility index (Phi) is 12.8. The van der Waals surface area contributed by atoms with Crippen LogP contribution in [0.25, 0.3) is 0 Å². The normalized spacial score (nSPS) is 16.7. The summed E-state index contributed by atoms with van der Waals surface area (Å²) < 4.78 is 25.2. The van der Waals surface area contributed by atoms with Gasteiger partial charge in [0, 0.05) is 18.4 Å². The zero-order valence-electron chi connectivity index (χ0n) is 26.1. The molecule has 0 saturated carbocycles. The number of carbonyl (C=O) groups is 1. The van der Waals surface area contributed by atoms with E-state index in [0.717, 1.165) is 37.0 Å². The van der Waals surface area contributed by atoms with Crippen molar-refractivity contribution >= 4 is 22.9 Å². The van der Waals surface area contributed by atoms with Crippen molar-refractivity contribution in [1.82, 2.24) is 0 Å². The third-order valence-electron chi connectivity index (χ3n) is 8.60. The molecule has 0 unspecified atom stereocenters. The highest BCUT2D eigenvalue weighted by Crippen LogP contribution is 2.40. The molecule has 1 aromatic rings. The summed E-state index contributed by atoms with van der Waals surface area (Å²) in [5, 5.41) is 0.246. The van der Waals surface area contributed by atoms with Crippen LogP contribution in [-0.4, -0.2) is 48.8 Å². The van der Waals surface area contributed by atoms with Gasteiger partial charge in [-0.25, -0.2) is 0 Å². The lowest BCUT2D eigenvalue weighted by molar-refractivity contribution is -0.116. The molecular formula is C30H56O5Si2. The average molecular weight is 553 g/mol. The Morgan fingerprint density at radius 3 is 1.89 bits per heavy atom. The summed E-state index contributed by atoms with van der Waals surface area (Å²) in [4.78, 5) is 12.0. The lowest BCUT2D eigenvalue weighted by Crippen LogP contribution is -2.49. The summed E-state index contributed by atoms with van der Waals surface area (Å²) in [5.74, 6) is 0.680. The van der Waals surface area contributed by atoms with E-state index in [2.05, 4.69) is 74.7 Å². The molecule has 0 heterocycles. The summed E-state index contributed by atoms with van der Waals surface area (Å²) in [5.41, 5.74) is 1.10. The topological polar surface area (TPSA) is 54.0 Å². The molecule has 214 valence electrons. The highest BCUT2D eigenvalue weighted by atomic mass is 28.4. The van der Waals surface area contributed by atoms with Gasteiger partial charge in [-0.05, 0) is 66.8 Å². The van der Waals surface area contributed by atoms with Crippen molar-refractivity contribution in [3.63, 3.8) is 0 Å². The Bertz CT molecular complexity index is 809. The van der Waals surface area contributed by atoms with Crippen LogP contribution in [0.1, 0.15) is 73.8 Å². The first kappa shape index (κ1) is 34.0. The first-order chi connectivity index (χ1) is 16.9. The molecule has 0 aromatic heterocycles. The molecule has 0 amide bonds. The van der Waals surface area contributed by atoms with Gasteiger partial charge in [-0.3, -0.25) is 0 Å². The van der Waals surface area contributed by atoms with E-state index in [1.807, 2.05) is 31.2 Å². The van der Waals surface area contributed by atoms with Crippen molar-refractivity contribution in [3.05, 3.63) is 29.8 Å². The SMILES string of the molecule is COc1ccc(CO[C@H](CCCO[Si](C)(C)C(C)(C)C)[C@@H](C)[C@H](O[Si](C)(C)C(C)(C)C)[C@@H](C)C=O)cc1. The molecule has 1 rings (SSSR count). The maximum Gasteiger partial charge on any atom is 0.192 e. The third-order valence-corrected chi connectivity index (χ3v) is 17.6. The van der Waals surface area contributed by atoms with Crippen LogP contribution in [0.4, 0.5) is 0 Å². The van der Waals surface area contributed by atoms with Crippen LogP contribution in [0, 0.1) is 11.8 Å². The van der Waals surface area contributed by atoms with Gasteiger partial charge in [-0.15, -0.1) is 0 Å². The van der Waals surface area contributed by atoms with Crippen molar-refractivity contribution in [1.29, 1.82) is 0 Å². The van der Waals surface area contributed by atoms with Crippen molar-refractivity contribution in [2.24, 2.45) is 11.8 Å². The minimum absolute atomic E-state index is 0.0534. The van der Waals surface area contributed by atoms with Crippen LogP contribution in [0.2, 0.25) is 36.3 Å². The molecule has 37 heavy (non-hydrogen) atoms. The molecule has 0 fully saturated rings. The van der Waals surface area contributed by atoms with Gasteiger partial charge in [-0.2, -0.15) is 0 Å². The van der Waals surface area contributed by atoms with Crippen LogP contribution >= 0.6 is 0 Å². The standard InChI is InChI=1S/C30H56O5Si2/c1-23(21-31)28(35-37(12,13)30(6,7)8)24(2)27(15-14-20-34-36(10,11)29(3,4)5)33-22-25-16-18-26(32-9)19-17-25/h16-19,21,23-24,27-28H,14-15,20,22H2,1-13H3/t23-,24+,27+,28+/m0/s1. The molecule has 7 heteroatoms. The zero-order chi connectivity index (χ0) is 28.7. The Labute approximate surface area is 230 Å². The van der Waals surface area contributed by atoms with Crippen LogP contribution < -0.4 is 4.74 Å². The van der Waals surface area contributed by atoms with Gasteiger partial charge in [0.15, 0.2) is 16.6 Å². The van der Waals surface area contributed by atoms with Gasteiger partial charge < -0.3 is 23.1 Å². The molecule has 5 nitrogen and oxygen atoms in total. The van der Waals surface area contributed by atoms with E-state index in [-0.39, 0.29) is 34.1 Å². The van der Waals surface area contributed by atoms with Crippen LogP contribution in [-0.2, 0) is 25.0 Å². The average Bonchev–Trinajstić information content (AvgIpc) is 2.80. The van der Waals surface area contributed by atoms with E-state index in [0.29, 0.717) is 6.61 Å². The highest BCUT2D eigenvalue weighted by Gasteiger charge is 2.43. The summed E-state index contributed by atoms with van der Waals surface area (Å²) in [6.07, 6.45) is 2.55. The largest absolute Gasteiger partial charge is 0.497 e. The lowest BCUT2D eigenvalue weighted by Gasteiger charge is -2.43. The van der Waals surface area contributed by atoms with Crippen molar-refractivity contribution in [2.75, 3.05) is 13.7 Å². The first-order valence-corrected chi connectivity index (χ1v) is 19.7. The number of rotatable bonds is 15. The lowest BCUT2D eigenvalue weighted by atomic mass is 9.88. The summed E-state index contributed by atoms with van der Waals surface area (Å²) in [6.45, 7) is 28.0. The van der Waals surface area contributed by atoms with E-state index in [1.165, 1.54) is 0 Å². The van der Waals surface area contributed by atoms with E-state index in [1.54, 1.807) is 7.11 Å². The molecule has 0 N–H and O–H groups in total. The fraction of sp³-hybridized carbons (Fsp3) is 0.767. The summed E-state index contributed by atoms with van der Waals surface area (Å²) in [7, 11) is -2.21. The fourth-order valence-corrected chi connectivity index (χ4v) is 6.30. The summed E-state index contributed by atoms with van der Waals surface area (Å²) in [6, 6.07) is 8.00. The number of ether oxygens (including phenoxy) is 2. The predicted octanol–water partition coefficient (Wildman–Crippen LogP) is 8.24. The van der Waals surface area contributed by atoms with E-state index < -0.39 is 16.6 Å². The van der Waals surface area contributed by atoms with Crippen molar-refractivity contribution in [3.8, 4) is 5.75 Å². The molecule has 0 spiro atoms. The predicted molar refractivity (Wildman–Crippen MR) is 160 cm³/mol. The first-order valence-electron chi connectivity index (χ1n) is 13.9. The fourth-order valence-electron chi connectivity index (χ4n) is 3.75. The van der Waals surface area contributed by atoms with Crippen molar-refractivity contribution in [2.45, 2.75) is 123 Å². The molecular weight excluding hydrogens is 496 g/mol. The minimum atomic E-state index is -2.08. The Balaban J connectivity index is 3.09. The van der Waals surface area contributed by atoms with E-state index >= 15 is 0 Å². The maximum absolute atomic E-state index is 12.0. The van der Waals surface area contributed by atoms with E-state index in [4.69, 9.17) is 18.3 Å². The molecule has 0 saturated heterocycles. The molecule has 0 aliphatic rings. The smallest absolute Gasteiger partial charge is 0.192 e. The minimum Gasteiger partial charge on any atom is -0.497 e. The number of aldehydes is 1. The monoisotopic (exact) mass is 552 g/mol. The third kappa shape index (κ3) is 10.2. The van der Waals surface area contributed by atoms with Crippen LogP contribution in [0.15, 0.2) is 24.3 Å². The molecule has 4 atom stereocenters. The zero-order valence-corrected chi connectivity index (χ0v) is 28.1. The molecule has 0 aliphatic heterocycles.